The molecule has 0 radical (unpaired) electrons. The number of nitrogens with one attached hydrogen (secondary N) is 1. The normalized spacial score (nSPS) is 10.3. The largest absolute Gasteiger partial charge is 0.399 e. The number of anilines is 3. The summed E-state index contributed by atoms with van der Waals surface area (Å²) < 4.78 is 0.944. The van der Waals surface area contributed by atoms with Gasteiger partial charge in [0, 0.05) is 16.4 Å². The van der Waals surface area contributed by atoms with Crippen LogP contribution in [0.3, 0.4) is 0 Å². The van der Waals surface area contributed by atoms with Gasteiger partial charge in [-0.3, -0.25) is 0 Å². The van der Waals surface area contributed by atoms with Crippen molar-refractivity contribution in [3.63, 3.8) is 0 Å². The van der Waals surface area contributed by atoms with E-state index in [0.29, 0.717) is 10.7 Å². The van der Waals surface area contributed by atoms with Gasteiger partial charge >= 0.3 is 0 Å². The van der Waals surface area contributed by atoms with Gasteiger partial charge in [-0.25, -0.2) is 4.98 Å². The molecule has 1 aromatic heterocycles. The molecule has 3 N–H and O–H groups in total. The fraction of sp³-hybridized carbons (Fsp3) is 0.0833. The number of benzene rings is 1. The lowest BCUT2D eigenvalue weighted by molar-refractivity contribution is 1.24. The van der Waals surface area contributed by atoms with Gasteiger partial charge in [-0.05, 0) is 52.7 Å². The quantitative estimate of drug-likeness (QED) is 0.820. The molecule has 2 aromatic rings. The van der Waals surface area contributed by atoms with Crippen molar-refractivity contribution in [3.05, 3.63) is 45.5 Å². The second-order valence-corrected chi connectivity index (χ2v) is 5.01. The maximum absolute atomic E-state index is 6.07. The zero-order chi connectivity index (χ0) is 12.4. The summed E-state index contributed by atoms with van der Waals surface area (Å²) in [5, 5.41) is 3.78. The maximum Gasteiger partial charge on any atom is 0.133 e. The number of hydrogen-bond donors (Lipinski definition) is 2. The number of hydrogen-bond acceptors (Lipinski definition) is 3. The van der Waals surface area contributed by atoms with E-state index < -0.39 is 0 Å². The molecule has 0 bridgehead atoms. The second-order valence-electron chi connectivity index (χ2n) is 3.68. The average molecular weight is 313 g/mol. The fourth-order valence-corrected chi connectivity index (χ4v) is 2.05. The van der Waals surface area contributed by atoms with E-state index in [1.165, 1.54) is 0 Å². The van der Waals surface area contributed by atoms with Crippen molar-refractivity contribution in [1.82, 2.24) is 4.98 Å². The molecule has 2 rings (SSSR count). The number of nitrogens with zero attached hydrogens (tertiary/aromatic N) is 1. The summed E-state index contributed by atoms with van der Waals surface area (Å²) in [6.07, 6.45) is 1.73. The van der Waals surface area contributed by atoms with E-state index in [-0.39, 0.29) is 0 Å². The zero-order valence-electron chi connectivity index (χ0n) is 9.17. The van der Waals surface area contributed by atoms with Crippen molar-refractivity contribution in [2.45, 2.75) is 6.92 Å². The van der Waals surface area contributed by atoms with Gasteiger partial charge in [0.15, 0.2) is 0 Å². The number of pyridine rings is 1. The smallest absolute Gasteiger partial charge is 0.133 e. The van der Waals surface area contributed by atoms with Crippen molar-refractivity contribution in [2.75, 3.05) is 11.1 Å². The van der Waals surface area contributed by atoms with E-state index in [1.807, 2.05) is 13.0 Å². The van der Waals surface area contributed by atoms with E-state index in [0.717, 1.165) is 21.5 Å². The molecule has 1 aromatic carbocycles. The van der Waals surface area contributed by atoms with Crippen LogP contribution in [0.15, 0.2) is 34.9 Å². The second kappa shape index (κ2) is 4.94. The van der Waals surface area contributed by atoms with Crippen LogP contribution >= 0.6 is 27.5 Å². The first kappa shape index (κ1) is 12.2. The summed E-state index contributed by atoms with van der Waals surface area (Å²) in [4.78, 5) is 4.29. The third-order valence-electron chi connectivity index (χ3n) is 2.29. The monoisotopic (exact) mass is 311 g/mol. The highest BCUT2D eigenvalue weighted by Crippen LogP contribution is 2.28. The predicted octanol–water partition coefficient (Wildman–Crippen LogP) is 4.13. The van der Waals surface area contributed by atoms with Crippen LogP contribution in [0.1, 0.15) is 5.56 Å². The first-order valence-electron chi connectivity index (χ1n) is 5.00. The minimum Gasteiger partial charge on any atom is -0.399 e. The molecule has 88 valence electrons. The third-order valence-corrected chi connectivity index (χ3v) is 3.05. The maximum atomic E-state index is 6.07. The van der Waals surface area contributed by atoms with Gasteiger partial charge in [-0.2, -0.15) is 0 Å². The van der Waals surface area contributed by atoms with Gasteiger partial charge in [0.1, 0.15) is 5.82 Å². The van der Waals surface area contributed by atoms with E-state index in [9.17, 15) is 0 Å². The number of aryl methyl sites for hydroxylation is 1. The molecule has 17 heavy (non-hydrogen) atoms. The first-order valence-corrected chi connectivity index (χ1v) is 6.17. The Kier molecular flexibility index (Phi) is 3.54. The van der Waals surface area contributed by atoms with Crippen molar-refractivity contribution in [3.8, 4) is 0 Å². The number of nitrogen functional groups attached to an aromatic ring is 1. The van der Waals surface area contributed by atoms with Gasteiger partial charge in [0.25, 0.3) is 0 Å². The van der Waals surface area contributed by atoms with Crippen LogP contribution < -0.4 is 11.1 Å². The SMILES string of the molecule is Cc1cc(Br)cnc1Nc1cc(N)ccc1Cl. The van der Waals surface area contributed by atoms with Crippen LogP contribution in [0.25, 0.3) is 0 Å². The van der Waals surface area contributed by atoms with Crippen molar-refractivity contribution < 1.29 is 0 Å². The molecule has 0 atom stereocenters. The molecule has 0 aliphatic heterocycles. The minimum atomic E-state index is 0.614. The summed E-state index contributed by atoms with van der Waals surface area (Å²) >= 11 is 9.45. The van der Waals surface area contributed by atoms with Crippen LogP contribution in [-0.2, 0) is 0 Å². The zero-order valence-corrected chi connectivity index (χ0v) is 11.5. The van der Waals surface area contributed by atoms with Crippen LogP contribution in [-0.4, -0.2) is 4.98 Å². The summed E-state index contributed by atoms with van der Waals surface area (Å²) in [5.74, 6) is 0.765. The molecular weight excluding hydrogens is 302 g/mol. The molecule has 0 unspecified atom stereocenters. The Morgan fingerprint density at radius 1 is 1.35 bits per heavy atom. The molecule has 0 amide bonds. The van der Waals surface area contributed by atoms with E-state index >= 15 is 0 Å². The number of nitrogens with two attached hydrogens (primary N) is 1. The van der Waals surface area contributed by atoms with Crippen LogP contribution in [0.4, 0.5) is 17.2 Å². The highest BCUT2D eigenvalue weighted by Gasteiger charge is 2.05. The third kappa shape index (κ3) is 2.90. The van der Waals surface area contributed by atoms with Gasteiger partial charge in [-0.1, -0.05) is 11.6 Å². The molecule has 0 saturated carbocycles. The molecule has 0 aliphatic carbocycles. The lowest BCUT2D eigenvalue weighted by atomic mass is 10.2. The van der Waals surface area contributed by atoms with Gasteiger partial charge in [0.05, 0.1) is 10.7 Å². The Balaban J connectivity index is 2.34. The molecule has 3 nitrogen and oxygen atoms in total. The topological polar surface area (TPSA) is 50.9 Å². The van der Waals surface area contributed by atoms with Crippen molar-refractivity contribution in [2.24, 2.45) is 0 Å². The van der Waals surface area contributed by atoms with E-state index in [2.05, 4.69) is 26.2 Å². The lowest BCUT2D eigenvalue weighted by Crippen LogP contribution is -1.98. The standard InChI is InChI=1S/C12H11BrClN3/c1-7-4-8(13)6-16-12(7)17-11-5-9(15)2-3-10(11)14/h2-6H,15H2,1H3,(H,16,17). The highest BCUT2D eigenvalue weighted by atomic mass is 79.9. The Morgan fingerprint density at radius 2 is 2.12 bits per heavy atom. The summed E-state index contributed by atoms with van der Waals surface area (Å²) in [6, 6.07) is 7.28. The van der Waals surface area contributed by atoms with Crippen LogP contribution in [0, 0.1) is 6.92 Å². The molecule has 0 spiro atoms. The average Bonchev–Trinajstić information content (AvgIpc) is 2.27. The Morgan fingerprint density at radius 3 is 2.82 bits per heavy atom. The Labute approximate surface area is 113 Å². The van der Waals surface area contributed by atoms with Crippen LogP contribution in [0.2, 0.25) is 5.02 Å². The van der Waals surface area contributed by atoms with Gasteiger partial charge < -0.3 is 11.1 Å². The molecule has 0 saturated heterocycles. The summed E-state index contributed by atoms with van der Waals surface area (Å²) in [5.41, 5.74) is 8.16. The molecular formula is C12H11BrClN3. The highest BCUT2D eigenvalue weighted by molar-refractivity contribution is 9.10. The molecule has 1 heterocycles. The molecule has 0 fully saturated rings. The molecule has 5 heteroatoms. The van der Waals surface area contributed by atoms with Crippen LogP contribution in [0.5, 0.6) is 0 Å². The number of rotatable bonds is 2. The van der Waals surface area contributed by atoms with Gasteiger partial charge in [0.2, 0.25) is 0 Å². The fourth-order valence-electron chi connectivity index (χ4n) is 1.44. The Hall–Kier alpha value is -1.26. The van der Waals surface area contributed by atoms with Crippen molar-refractivity contribution in [1.29, 1.82) is 0 Å². The minimum absolute atomic E-state index is 0.614. The lowest BCUT2D eigenvalue weighted by Gasteiger charge is -2.10. The first-order chi connectivity index (χ1) is 8.06. The van der Waals surface area contributed by atoms with E-state index in [1.54, 1.807) is 24.4 Å². The van der Waals surface area contributed by atoms with E-state index in [4.69, 9.17) is 17.3 Å². The molecule has 0 aliphatic rings. The van der Waals surface area contributed by atoms with Crippen molar-refractivity contribution >= 4 is 44.7 Å². The number of aromatic nitrogens is 1. The summed E-state index contributed by atoms with van der Waals surface area (Å²) in [6.45, 7) is 1.97. The Bertz CT molecular complexity index is 557. The predicted molar refractivity (Wildman–Crippen MR) is 75.8 cm³/mol. The van der Waals surface area contributed by atoms with Gasteiger partial charge in [-0.15, -0.1) is 0 Å². The summed E-state index contributed by atoms with van der Waals surface area (Å²) in [7, 11) is 0. The number of halogens is 2.